The first-order valence-corrected chi connectivity index (χ1v) is 12.0. The summed E-state index contributed by atoms with van der Waals surface area (Å²) in [5.41, 5.74) is 4.51. The smallest absolute Gasteiger partial charge is 0.271 e. The number of hydrogen-bond donors (Lipinski definition) is 1. The van der Waals surface area contributed by atoms with Crippen LogP contribution in [-0.4, -0.2) is 29.6 Å². The maximum absolute atomic E-state index is 13.8. The van der Waals surface area contributed by atoms with E-state index in [1.165, 1.54) is 18.3 Å². The van der Waals surface area contributed by atoms with Crippen molar-refractivity contribution in [1.29, 1.82) is 0 Å². The summed E-state index contributed by atoms with van der Waals surface area (Å²) in [6.07, 6.45) is 1.91. The highest BCUT2D eigenvalue weighted by atomic mass is 32.1. The highest BCUT2D eigenvalue weighted by Gasteiger charge is 2.32. The summed E-state index contributed by atoms with van der Waals surface area (Å²) >= 11 is 1.32. The number of H-pyrrole nitrogens is 1. The topological polar surface area (TPSA) is 85.7 Å². The number of benzene rings is 2. The monoisotopic (exact) mass is 487 g/mol. The van der Waals surface area contributed by atoms with Crippen LogP contribution in [0.3, 0.4) is 0 Å². The molecule has 7 nitrogen and oxygen atoms in total. The van der Waals surface area contributed by atoms with E-state index in [0.717, 1.165) is 22.2 Å². The Balaban J connectivity index is 1.79. The van der Waals surface area contributed by atoms with Crippen LogP contribution in [0, 0.1) is 6.92 Å². The predicted octanol–water partition coefficient (Wildman–Crippen LogP) is 3.63. The number of aryl methyl sites for hydroxylation is 1. The van der Waals surface area contributed by atoms with Crippen LogP contribution in [0.2, 0.25) is 0 Å². The largest absolute Gasteiger partial charge is 0.497 e. The summed E-state index contributed by atoms with van der Waals surface area (Å²) in [7, 11) is 3.14. The van der Waals surface area contributed by atoms with Crippen LogP contribution in [0.4, 0.5) is 0 Å². The number of carbonyl (C=O) groups is 1. The highest BCUT2D eigenvalue weighted by molar-refractivity contribution is 7.07. The molecular weight excluding hydrogens is 462 g/mol. The van der Waals surface area contributed by atoms with Gasteiger partial charge in [-0.1, -0.05) is 29.5 Å². The Morgan fingerprint density at radius 1 is 1.14 bits per heavy atom. The lowest BCUT2D eigenvalue weighted by Crippen LogP contribution is -2.39. The quantitative estimate of drug-likeness (QED) is 0.466. The van der Waals surface area contributed by atoms with E-state index in [-0.39, 0.29) is 11.3 Å². The van der Waals surface area contributed by atoms with E-state index >= 15 is 0 Å². The molecular formula is C27H25N3O4S. The Hall–Kier alpha value is -3.91. The molecule has 4 aromatic rings. The van der Waals surface area contributed by atoms with Gasteiger partial charge in [0.1, 0.15) is 11.5 Å². The minimum Gasteiger partial charge on any atom is -0.497 e. The van der Waals surface area contributed by atoms with Crippen molar-refractivity contribution in [3.8, 4) is 11.5 Å². The zero-order chi connectivity index (χ0) is 24.9. The lowest BCUT2D eigenvalue weighted by molar-refractivity contribution is -0.114. The second-order valence-electron chi connectivity index (χ2n) is 8.46. The molecule has 0 saturated heterocycles. The van der Waals surface area contributed by atoms with Crippen molar-refractivity contribution in [3.63, 3.8) is 0 Å². The normalized spacial score (nSPS) is 15.8. The average Bonchev–Trinajstić information content (AvgIpc) is 3.33. The molecule has 0 aliphatic carbocycles. The molecule has 0 fully saturated rings. The molecule has 8 heteroatoms. The van der Waals surface area contributed by atoms with E-state index in [0.29, 0.717) is 37.7 Å². The SMILES string of the molecule is COc1ccc([C@@H]2C(C(C)=O)=C(C)N=c3s/c(=C/c4c(C)[nH]c5ccccc45)c(=O)n32)c(OC)c1. The standard InChI is InChI=1S/C27H25N3O4S/c1-14-20(18-8-6-7-9-21(18)28-14)13-23-26(32)30-25(19-11-10-17(33-4)12-22(19)34-5)24(16(3)31)15(2)29-27(30)35-23/h6-13,25,28H,1-5H3/b23-13+/t25-/m1/s1. The van der Waals surface area contributed by atoms with Gasteiger partial charge < -0.3 is 14.5 Å². The maximum atomic E-state index is 13.8. The number of Topliss-reactive ketones (excluding diaryl/α,β-unsaturated/α-hetero) is 1. The number of allylic oxidation sites excluding steroid dienone is 2. The van der Waals surface area contributed by atoms with Gasteiger partial charge in [0.25, 0.3) is 5.56 Å². The molecule has 0 saturated carbocycles. The lowest BCUT2D eigenvalue weighted by atomic mass is 9.92. The van der Waals surface area contributed by atoms with Gasteiger partial charge in [0, 0.05) is 45.1 Å². The summed E-state index contributed by atoms with van der Waals surface area (Å²) in [6.45, 7) is 5.30. The van der Waals surface area contributed by atoms with Crippen LogP contribution < -0.4 is 24.4 Å². The van der Waals surface area contributed by atoms with Crippen LogP contribution in [0.15, 0.2) is 63.5 Å². The second-order valence-corrected chi connectivity index (χ2v) is 9.46. The Bertz CT molecular complexity index is 1700. The number of nitrogens with one attached hydrogen (secondary N) is 1. The van der Waals surface area contributed by atoms with Crippen molar-refractivity contribution < 1.29 is 14.3 Å². The van der Waals surface area contributed by atoms with E-state index in [1.54, 1.807) is 37.8 Å². The summed E-state index contributed by atoms with van der Waals surface area (Å²) in [4.78, 5) is 35.2. The van der Waals surface area contributed by atoms with Gasteiger partial charge in [-0.05, 0) is 45.0 Å². The number of methoxy groups -OCH3 is 2. The number of hydrogen-bond acceptors (Lipinski definition) is 6. The first kappa shape index (κ1) is 22.9. The molecule has 2 aromatic carbocycles. The van der Waals surface area contributed by atoms with Crippen molar-refractivity contribution in [2.75, 3.05) is 14.2 Å². The number of aromatic nitrogens is 2. The van der Waals surface area contributed by atoms with Crippen LogP contribution in [0.5, 0.6) is 11.5 Å². The average molecular weight is 488 g/mol. The number of carbonyl (C=O) groups excluding carboxylic acids is 1. The molecule has 35 heavy (non-hydrogen) atoms. The number of para-hydroxylation sites is 1. The molecule has 1 aliphatic rings. The fourth-order valence-electron chi connectivity index (χ4n) is 4.72. The Labute approximate surface area is 205 Å². The molecule has 1 N–H and O–H groups in total. The molecule has 0 amide bonds. The molecule has 1 aliphatic heterocycles. The van der Waals surface area contributed by atoms with Crippen molar-refractivity contribution in [3.05, 3.63) is 90.2 Å². The van der Waals surface area contributed by atoms with Crippen molar-refractivity contribution in [2.45, 2.75) is 26.8 Å². The number of fused-ring (bicyclic) bond motifs is 2. The Morgan fingerprint density at radius 2 is 1.91 bits per heavy atom. The van der Waals surface area contributed by atoms with Gasteiger partial charge in [0.15, 0.2) is 10.6 Å². The molecule has 0 unspecified atom stereocenters. The van der Waals surface area contributed by atoms with Gasteiger partial charge in [-0.3, -0.25) is 14.2 Å². The third kappa shape index (κ3) is 3.70. The fourth-order valence-corrected chi connectivity index (χ4v) is 5.75. The van der Waals surface area contributed by atoms with Crippen LogP contribution in [0.1, 0.15) is 36.7 Å². The van der Waals surface area contributed by atoms with Gasteiger partial charge in [0.2, 0.25) is 0 Å². The molecule has 3 heterocycles. The number of aromatic amines is 1. The molecule has 178 valence electrons. The summed E-state index contributed by atoms with van der Waals surface area (Å²) < 4.78 is 13.1. The maximum Gasteiger partial charge on any atom is 0.271 e. The van der Waals surface area contributed by atoms with Crippen LogP contribution in [-0.2, 0) is 4.79 Å². The van der Waals surface area contributed by atoms with E-state index in [4.69, 9.17) is 9.47 Å². The highest BCUT2D eigenvalue weighted by Crippen LogP contribution is 2.37. The molecule has 2 aromatic heterocycles. The number of thiazole rings is 1. The molecule has 0 radical (unpaired) electrons. The minimum atomic E-state index is -0.657. The predicted molar refractivity (Wildman–Crippen MR) is 137 cm³/mol. The Kier molecular flexibility index (Phi) is 5.68. The van der Waals surface area contributed by atoms with E-state index in [9.17, 15) is 9.59 Å². The minimum absolute atomic E-state index is 0.143. The van der Waals surface area contributed by atoms with Gasteiger partial charge >= 0.3 is 0 Å². The van der Waals surface area contributed by atoms with Gasteiger partial charge in [0.05, 0.1) is 24.8 Å². The fraction of sp³-hybridized carbons (Fsp3) is 0.222. The first-order valence-electron chi connectivity index (χ1n) is 11.2. The number of nitrogens with zero attached hydrogens (tertiary/aromatic N) is 2. The van der Waals surface area contributed by atoms with Gasteiger partial charge in [-0.25, -0.2) is 4.99 Å². The van der Waals surface area contributed by atoms with E-state index in [1.807, 2.05) is 43.3 Å². The summed E-state index contributed by atoms with van der Waals surface area (Å²) in [5, 5.41) is 1.05. The molecule has 1 atom stereocenters. The van der Waals surface area contributed by atoms with Crippen LogP contribution in [0.25, 0.3) is 17.0 Å². The lowest BCUT2D eigenvalue weighted by Gasteiger charge is -2.26. The summed E-state index contributed by atoms with van der Waals surface area (Å²) in [5.74, 6) is 1.01. The number of ether oxygens (including phenoxy) is 2. The first-order chi connectivity index (χ1) is 16.8. The third-order valence-corrected chi connectivity index (χ3v) is 7.34. The third-order valence-electron chi connectivity index (χ3n) is 6.36. The van der Waals surface area contributed by atoms with Crippen molar-refractivity contribution in [2.24, 2.45) is 4.99 Å². The van der Waals surface area contributed by atoms with Crippen molar-refractivity contribution in [1.82, 2.24) is 9.55 Å². The number of rotatable bonds is 5. The zero-order valence-electron chi connectivity index (χ0n) is 20.1. The zero-order valence-corrected chi connectivity index (χ0v) is 20.9. The number of ketones is 1. The Morgan fingerprint density at radius 3 is 2.63 bits per heavy atom. The van der Waals surface area contributed by atoms with Gasteiger partial charge in [-0.15, -0.1) is 0 Å². The second kappa shape index (κ2) is 8.70. The van der Waals surface area contributed by atoms with Gasteiger partial charge in [-0.2, -0.15) is 0 Å². The van der Waals surface area contributed by atoms with E-state index < -0.39 is 6.04 Å². The molecule has 5 rings (SSSR count). The van der Waals surface area contributed by atoms with Crippen molar-refractivity contribution >= 4 is 34.1 Å². The molecule has 0 bridgehead atoms. The van der Waals surface area contributed by atoms with E-state index in [2.05, 4.69) is 9.98 Å². The van der Waals surface area contributed by atoms with Crippen LogP contribution >= 0.6 is 11.3 Å². The molecule has 0 spiro atoms. The summed E-state index contributed by atoms with van der Waals surface area (Å²) in [6, 6.07) is 12.7.